The Balaban J connectivity index is 3.09. The molecule has 0 spiro atoms. The number of anilines is 1. The van der Waals surface area contributed by atoms with Crippen LogP contribution < -0.4 is 10.6 Å². The molecule has 0 bridgehead atoms. The number of hydrogen-bond donors (Lipinski definition) is 2. The van der Waals surface area contributed by atoms with Gasteiger partial charge in [0.2, 0.25) is 0 Å². The molecular formula is C19H33N2O3PS. The average Bonchev–Trinajstić information content (AvgIpc) is 2.51. The summed E-state index contributed by atoms with van der Waals surface area (Å²) in [6.07, 6.45) is 1.43. The maximum Gasteiger partial charge on any atom is 0.355 e. The van der Waals surface area contributed by atoms with Crippen LogP contribution in [0.3, 0.4) is 0 Å². The lowest BCUT2D eigenvalue weighted by Crippen LogP contribution is -2.48. The molecule has 1 aromatic rings. The fourth-order valence-corrected chi connectivity index (χ4v) is 5.66. The van der Waals surface area contributed by atoms with Gasteiger partial charge in [-0.25, -0.2) is 0 Å². The van der Waals surface area contributed by atoms with E-state index in [9.17, 15) is 4.57 Å². The lowest BCUT2D eigenvalue weighted by molar-refractivity contribution is 0.191. The third kappa shape index (κ3) is 5.53. The molecule has 0 fully saturated rings. The Hall–Kier alpha value is -0.940. The van der Waals surface area contributed by atoms with Gasteiger partial charge in [-0.2, -0.15) is 0 Å². The molecule has 0 radical (unpaired) electrons. The van der Waals surface area contributed by atoms with Crippen molar-refractivity contribution in [3.05, 3.63) is 28.8 Å². The second kappa shape index (κ2) is 9.84. The minimum absolute atomic E-state index is 0.314. The molecule has 1 atom stereocenters. The van der Waals surface area contributed by atoms with Gasteiger partial charge in [0.1, 0.15) is 5.28 Å². The quantitative estimate of drug-likeness (QED) is 0.411. The lowest BCUT2D eigenvalue weighted by atomic mass is 10.1. The number of rotatable bonds is 9. The van der Waals surface area contributed by atoms with E-state index in [4.69, 9.17) is 21.3 Å². The van der Waals surface area contributed by atoms with E-state index in [1.165, 1.54) is 5.56 Å². The number of aryl methyl sites for hydroxylation is 3. The Morgan fingerprint density at radius 3 is 2.04 bits per heavy atom. The van der Waals surface area contributed by atoms with Crippen molar-refractivity contribution >= 4 is 30.6 Å². The first-order valence-corrected chi connectivity index (χ1v) is 11.1. The van der Waals surface area contributed by atoms with Gasteiger partial charge in [-0.3, -0.25) is 4.57 Å². The first-order chi connectivity index (χ1) is 12.1. The minimum Gasteiger partial charge on any atom is -0.346 e. The van der Waals surface area contributed by atoms with E-state index in [0.717, 1.165) is 23.2 Å². The van der Waals surface area contributed by atoms with Gasteiger partial charge < -0.3 is 19.7 Å². The molecule has 0 heterocycles. The van der Waals surface area contributed by atoms with Crippen LogP contribution in [0.5, 0.6) is 0 Å². The first-order valence-electron chi connectivity index (χ1n) is 9.18. The molecule has 1 unspecified atom stereocenters. The van der Waals surface area contributed by atoms with Gasteiger partial charge in [-0.1, -0.05) is 31.0 Å². The van der Waals surface area contributed by atoms with Crippen LogP contribution in [0.4, 0.5) is 5.69 Å². The fraction of sp³-hybridized carbons (Fsp3) is 0.632. The highest BCUT2D eigenvalue weighted by Gasteiger charge is 2.47. The highest BCUT2D eigenvalue weighted by Crippen LogP contribution is 2.60. The summed E-state index contributed by atoms with van der Waals surface area (Å²) >= 11 is 5.53. The predicted molar refractivity (Wildman–Crippen MR) is 114 cm³/mol. The topological polar surface area (TPSA) is 59.6 Å². The van der Waals surface area contributed by atoms with E-state index in [0.29, 0.717) is 24.7 Å². The molecule has 0 saturated carbocycles. The van der Waals surface area contributed by atoms with E-state index >= 15 is 0 Å². The van der Waals surface area contributed by atoms with Gasteiger partial charge in [0.05, 0.1) is 13.2 Å². The minimum atomic E-state index is -3.39. The molecule has 26 heavy (non-hydrogen) atoms. The van der Waals surface area contributed by atoms with Gasteiger partial charge in [-0.15, -0.1) is 0 Å². The number of benzene rings is 1. The monoisotopic (exact) mass is 400 g/mol. The van der Waals surface area contributed by atoms with Gasteiger partial charge in [-0.05, 0) is 71.3 Å². The third-order valence-corrected chi connectivity index (χ3v) is 7.18. The van der Waals surface area contributed by atoms with Crippen LogP contribution in [0.2, 0.25) is 0 Å². The second-order valence-corrected chi connectivity index (χ2v) is 9.62. The number of nitrogens with one attached hydrogen (secondary N) is 2. The van der Waals surface area contributed by atoms with Crippen molar-refractivity contribution in [2.24, 2.45) is 0 Å². The molecule has 1 rings (SSSR count). The van der Waals surface area contributed by atoms with Gasteiger partial charge >= 0.3 is 7.60 Å². The predicted octanol–water partition coefficient (Wildman–Crippen LogP) is 5.68. The van der Waals surface area contributed by atoms with Crippen LogP contribution in [-0.4, -0.2) is 23.6 Å². The molecule has 1 aromatic carbocycles. The zero-order valence-corrected chi connectivity index (χ0v) is 18.8. The summed E-state index contributed by atoms with van der Waals surface area (Å²) in [7, 11) is -3.39. The van der Waals surface area contributed by atoms with Crippen molar-refractivity contribution in [2.45, 2.75) is 66.6 Å². The van der Waals surface area contributed by atoms with Gasteiger partial charge in [0.15, 0.2) is 5.11 Å². The summed E-state index contributed by atoms with van der Waals surface area (Å²) in [5, 5.41) is 6.01. The van der Waals surface area contributed by atoms with E-state index in [1.54, 1.807) is 0 Å². The Labute approximate surface area is 163 Å². The van der Waals surface area contributed by atoms with Gasteiger partial charge in [0.25, 0.3) is 0 Å². The van der Waals surface area contributed by atoms with Crippen molar-refractivity contribution in [1.29, 1.82) is 0 Å². The van der Waals surface area contributed by atoms with Crippen LogP contribution in [0, 0.1) is 20.8 Å². The van der Waals surface area contributed by atoms with Gasteiger partial charge in [0, 0.05) is 5.69 Å². The zero-order valence-electron chi connectivity index (χ0n) is 17.1. The van der Waals surface area contributed by atoms with E-state index in [2.05, 4.69) is 29.7 Å². The van der Waals surface area contributed by atoms with Crippen molar-refractivity contribution < 1.29 is 13.6 Å². The normalized spacial score (nSPS) is 14.0. The highest BCUT2D eigenvalue weighted by atomic mass is 32.1. The molecule has 2 N–H and O–H groups in total. The Kier molecular flexibility index (Phi) is 8.74. The van der Waals surface area contributed by atoms with Crippen LogP contribution in [0.25, 0.3) is 0 Å². The standard InChI is InChI=1S/C19H33N2O3PS/c1-8-11-19(7,25(22,23-9-2)24-10-3)21-18(26)20-17-15(5)12-14(4)13-16(17)6/h12-13H,8-11H2,1-7H3,(H2,20,21,26). The summed E-state index contributed by atoms with van der Waals surface area (Å²) in [5.41, 5.74) is 4.40. The van der Waals surface area contributed by atoms with Crippen LogP contribution >= 0.6 is 19.8 Å². The van der Waals surface area contributed by atoms with Crippen molar-refractivity contribution in [2.75, 3.05) is 18.5 Å². The largest absolute Gasteiger partial charge is 0.355 e. The molecule has 0 aliphatic rings. The van der Waals surface area contributed by atoms with Crippen molar-refractivity contribution in [3.63, 3.8) is 0 Å². The third-order valence-electron chi connectivity index (χ3n) is 4.24. The van der Waals surface area contributed by atoms with Crippen LogP contribution in [0.15, 0.2) is 12.1 Å². The molecular weight excluding hydrogens is 367 g/mol. The zero-order chi connectivity index (χ0) is 20.0. The Bertz CT molecular complexity index is 648. The fourth-order valence-electron chi connectivity index (χ4n) is 3.18. The molecule has 5 nitrogen and oxygen atoms in total. The molecule has 0 aromatic heterocycles. The van der Waals surface area contributed by atoms with E-state index in [1.807, 2.05) is 41.5 Å². The summed E-state index contributed by atoms with van der Waals surface area (Å²) < 4.78 is 24.6. The average molecular weight is 401 g/mol. The molecule has 148 valence electrons. The second-order valence-electron chi connectivity index (χ2n) is 6.71. The Morgan fingerprint density at radius 1 is 1.12 bits per heavy atom. The number of hydrogen-bond acceptors (Lipinski definition) is 4. The summed E-state index contributed by atoms with van der Waals surface area (Å²) in [6, 6.07) is 4.21. The number of thiocarbonyl (C=S) groups is 1. The maximum absolute atomic E-state index is 13.4. The van der Waals surface area contributed by atoms with Crippen LogP contribution in [0.1, 0.15) is 57.2 Å². The van der Waals surface area contributed by atoms with E-state index in [-0.39, 0.29) is 0 Å². The molecule has 0 aliphatic carbocycles. The highest BCUT2D eigenvalue weighted by molar-refractivity contribution is 7.80. The molecule has 0 saturated heterocycles. The lowest BCUT2D eigenvalue weighted by Gasteiger charge is -2.37. The molecule has 7 heteroatoms. The summed E-state index contributed by atoms with van der Waals surface area (Å²) in [5.74, 6) is 0. The van der Waals surface area contributed by atoms with Crippen molar-refractivity contribution in [3.8, 4) is 0 Å². The van der Waals surface area contributed by atoms with Crippen LogP contribution in [-0.2, 0) is 13.6 Å². The summed E-state index contributed by atoms with van der Waals surface area (Å²) in [6.45, 7) is 14.3. The summed E-state index contributed by atoms with van der Waals surface area (Å²) in [4.78, 5) is 0. The van der Waals surface area contributed by atoms with E-state index < -0.39 is 12.9 Å². The SMILES string of the molecule is CCCC(C)(NC(=S)Nc1c(C)cc(C)cc1C)P(=O)(OCC)OCC. The maximum atomic E-state index is 13.4. The smallest absolute Gasteiger partial charge is 0.346 e. The molecule has 0 amide bonds. The Morgan fingerprint density at radius 2 is 1.62 bits per heavy atom. The molecule has 0 aliphatic heterocycles. The van der Waals surface area contributed by atoms with Crippen molar-refractivity contribution in [1.82, 2.24) is 5.32 Å². The first kappa shape index (κ1) is 23.1.